The Morgan fingerprint density at radius 1 is 1.36 bits per heavy atom. The maximum Gasteiger partial charge on any atom is 0.237 e. The van der Waals surface area contributed by atoms with Crippen LogP contribution in [0.2, 0.25) is 0 Å². The van der Waals surface area contributed by atoms with Gasteiger partial charge in [0.25, 0.3) is 0 Å². The molecule has 2 aliphatic heterocycles. The van der Waals surface area contributed by atoms with Crippen LogP contribution in [0.5, 0.6) is 17.2 Å². The number of ether oxygens (including phenoxy) is 3. The van der Waals surface area contributed by atoms with Crippen molar-refractivity contribution in [3.05, 3.63) is 17.7 Å². The quantitative estimate of drug-likeness (QED) is 0.914. The summed E-state index contributed by atoms with van der Waals surface area (Å²) < 4.78 is 16.3. The summed E-state index contributed by atoms with van der Waals surface area (Å²) >= 11 is 0. The Hall–Kier alpha value is -1.95. The van der Waals surface area contributed by atoms with Crippen molar-refractivity contribution in [2.75, 3.05) is 27.5 Å². The zero-order valence-electron chi connectivity index (χ0n) is 13.1. The molecule has 2 aliphatic rings. The molecule has 1 aromatic rings. The van der Waals surface area contributed by atoms with Crippen molar-refractivity contribution < 1.29 is 19.0 Å². The van der Waals surface area contributed by atoms with Gasteiger partial charge in [0.05, 0.1) is 13.2 Å². The fourth-order valence-corrected chi connectivity index (χ4v) is 3.14. The fraction of sp³-hybridized carbons (Fsp3) is 0.562. The lowest BCUT2D eigenvalue weighted by Gasteiger charge is -2.34. The molecule has 0 unspecified atom stereocenters. The van der Waals surface area contributed by atoms with Gasteiger partial charge in [0.2, 0.25) is 12.7 Å². The minimum atomic E-state index is -0.0751. The van der Waals surface area contributed by atoms with E-state index in [1.54, 1.807) is 14.2 Å². The van der Waals surface area contributed by atoms with Crippen LogP contribution in [0.25, 0.3) is 0 Å². The smallest absolute Gasteiger partial charge is 0.237 e. The van der Waals surface area contributed by atoms with Crippen LogP contribution in [-0.4, -0.2) is 44.3 Å². The molecule has 0 bridgehead atoms. The lowest BCUT2D eigenvalue weighted by atomic mass is 10.00. The van der Waals surface area contributed by atoms with E-state index in [0.717, 1.165) is 42.9 Å². The molecule has 1 N–H and O–H groups in total. The van der Waals surface area contributed by atoms with Crippen LogP contribution in [0.3, 0.4) is 0 Å². The van der Waals surface area contributed by atoms with Crippen LogP contribution in [0, 0.1) is 0 Å². The summed E-state index contributed by atoms with van der Waals surface area (Å²) in [6.45, 7) is 1.82. The first-order chi connectivity index (χ1) is 10.7. The van der Waals surface area contributed by atoms with Crippen molar-refractivity contribution in [3.63, 3.8) is 0 Å². The first kappa shape index (κ1) is 15.0. The summed E-state index contributed by atoms with van der Waals surface area (Å²) in [6, 6.07) is 3.74. The third kappa shape index (κ3) is 2.83. The molecule has 1 fully saturated rings. The van der Waals surface area contributed by atoms with E-state index < -0.39 is 0 Å². The maximum atomic E-state index is 12.1. The van der Waals surface area contributed by atoms with E-state index in [4.69, 9.17) is 14.2 Å². The number of likely N-dealkylation sites (N-methyl/N-ethyl adjacent to an activating group) is 1. The Balaban J connectivity index is 1.83. The summed E-state index contributed by atoms with van der Waals surface area (Å²) in [6.07, 6.45) is 3.10. The molecule has 0 saturated carbocycles. The highest BCUT2D eigenvalue weighted by Crippen LogP contribution is 2.39. The fourth-order valence-electron chi connectivity index (χ4n) is 3.14. The monoisotopic (exact) mass is 306 g/mol. The minimum Gasteiger partial charge on any atom is -0.496 e. The summed E-state index contributed by atoms with van der Waals surface area (Å²) in [4.78, 5) is 14.3. The molecule has 6 heteroatoms. The zero-order chi connectivity index (χ0) is 15.5. The predicted octanol–water partition coefficient (Wildman–Crippen LogP) is 1.52. The molecule has 1 amide bonds. The summed E-state index contributed by atoms with van der Waals surface area (Å²) in [5.41, 5.74) is 1.02. The number of hydrogen-bond donors (Lipinski definition) is 1. The highest BCUT2D eigenvalue weighted by Gasteiger charge is 2.29. The third-order valence-corrected chi connectivity index (χ3v) is 4.31. The first-order valence-electron chi connectivity index (χ1n) is 7.65. The number of nitrogens with zero attached hydrogens (tertiary/aromatic N) is 1. The van der Waals surface area contributed by atoms with Crippen molar-refractivity contribution in [2.24, 2.45) is 0 Å². The number of benzene rings is 1. The molecule has 2 heterocycles. The van der Waals surface area contributed by atoms with Crippen molar-refractivity contribution >= 4 is 5.91 Å². The van der Waals surface area contributed by atoms with E-state index in [-0.39, 0.29) is 18.7 Å². The van der Waals surface area contributed by atoms with Gasteiger partial charge in [-0.3, -0.25) is 9.69 Å². The van der Waals surface area contributed by atoms with Crippen LogP contribution in [0.1, 0.15) is 24.8 Å². The molecule has 0 spiro atoms. The van der Waals surface area contributed by atoms with E-state index in [2.05, 4.69) is 10.2 Å². The number of piperidine rings is 1. The SMILES string of the molecule is CNC(=O)[C@@H]1CCCCN1Cc1cc2c(cc1OC)OCO2. The number of amides is 1. The highest BCUT2D eigenvalue weighted by atomic mass is 16.7. The second kappa shape index (κ2) is 6.44. The van der Waals surface area contributed by atoms with Crippen molar-refractivity contribution in [3.8, 4) is 17.2 Å². The number of rotatable bonds is 4. The number of methoxy groups -OCH3 is 1. The van der Waals surface area contributed by atoms with Crippen molar-refractivity contribution in [2.45, 2.75) is 31.8 Å². The molecule has 0 aromatic heterocycles. The number of carbonyl (C=O) groups excluding carboxylic acids is 1. The predicted molar refractivity (Wildman–Crippen MR) is 81.2 cm³/mol. The normalized spacial score (nSPS) is 20.7. The van der Waals surface area contributed by atoms with Gasteiger partial charge >= 0.3 is 0 Å². The van der Waals surface area contributed by atoms with E-state index in [1.807, 2.05) is 12.1 Å². The summed E-state index contributed by atoms with van der Waals surface area (Å²) in [5, 5.41) is 2.76. The lowest BCUT2D eigenvalue weighted by Crippen LogP contribution is -2.48. The average Bonchev–Trinajstić information content (AvgIpc) is 3.01. The summed E-state index contributed by atoms with van der Waals surface area (Å²) in [5.74, 6) is 2.30. The van der Waals surface area contributed by atoms with Gasteiger partial charge in [0, 0.05) is 25.2 Å². The van der Waals surface area contributed by atoms with Crippen LogP contribution >= 0.6 is 0 Å². The van der Waals surface area contributed by atoms with Crippen molar-refractivity contribution in [1.29, 1.82) is 0 Å². The van der Waals surface area contributed by atoms with Crippen LogP contribution in [0.4, 0.5) is 0 Å². The van der Waals surface area contributed by atoms with E-state index in [9.17, 15) is 4.79 Å². The van der Waals surface area contributed by atoms with Crippen molar-refractivity contribution in [1.82, 2.24) is 10.2 Å². The highest BCUT2D eigenvalue weighted by molar-refractivity contribution is 5.81. The summed E-state index contributed by atoms with van der Waals surface area (Å²) in [7, 11) is 3.34. The number of carbonyl (C=O) groups is 1. The molecule has 0 radical (unpaired) electrons. The van der Waals surface area contributed by atoms with Gasteiger partial charge in [-0.1, -0.05) is 6.42 Å². The average molecular weight is 306 g/mol. The van der Waals surface area contributed by atoms with Crippen LogP contribution in [0.15, 0.2) is 12.1 Å². The van der Waals surface area contributed by atoms with E-state index in [1.165, 1.54) is 0 Å². The Labute approximate surface area is 130 Å². The third-order valence-electron chi connectivity index (χ3n) is 4.31. The zero-order valence-corrected chi connectivity index (χ0v) is 13.1. The first-order valence-corrected chi connectivity index (χ1v) is 7.65. The topological polar surface area (TPSA) is 60.0 Å². The molecular weight excluding hydrogens is 284 g/mol. The second-order valence-electron chi connectivity index (χ2n) is 5.61. The van der Waals surface area contributed by atoms with Gasteiger partial charge in [0.1, 0.15) is 5.75 Å². The van der Waals surface area contributed by atoms with Crippen LogP contribution in [-0.2, 0) is 11.3 Å². The molecule has 1 aromatic carbocycles. The Morgan fingerprint density at radius 3 is 2.86 bits per heavy atom. The van der Waals surface area contributed by atoms with Crippen LogP contribution < -0.4 is 19.5 Å². The molecule has 6 nitrogen and oxygen atoms in total. The Morgan fingerprint density at radius 2 is 2.14 bits per heavy atom. The van der Waals surface area contributed by atoms with Gasteiger partial charge in [-0.15, -0.1) is 0 Å². The maximum absolute atomic E-state index is 12.1. The van der Waals surface area contributed by atoms with Gasteiger partial charge in [-0.05, 0) is 25.5 Å². The standard InChI is InChI=1S/C16H22N2O4/c1-17-16(19)12-5-3-4-6-18(12)9-11-7-14-15(22-10-21-14)8-13(11)20-2/h7-8,12H,3-6,9-10H2,1-2H3,(H,17,19)/t12-/m0/s1. The molecule has 0 aliphatic carbocycles. The van der Waals surface area contributed by atoms with E-state index in [0.29, 0.717) is 12.3 Å². The number of nitrogens with one attached hydrogen (secondary N) is 1. The molecular formula is C16H22N2O4. The largest absolute Gasteiger partial charge is 0.496 e. The molecule has 22 heavy (non-hydrogen) atoms. The number of likely N-dealkylation sites (tertiary alicyclic amines) is 1. The minimum absolute atomic E-state index is 0.0751. The Kier molecular flexibility index (Phi) is 4.38. The second-order valence-corrected chi connectivity index (χ2v) is 5.61. The van der Waals surface area contributed by atoms with Gasteiger partial charge in [-0.2, -0.15) is 0 Å². The Bertz CT molecular complexity index is 561. The van der Waals surface area contributed by atoms with Gasteiger partial charge < -0.3 is 19.5 Å². The van der Waals surface area contributed by atoms with E-state index >= 15 is 0 Å². The van der Waals surface area contributed by atoms with Gasteiger partial charge in [0.15, 0.2) is 11.5 Å². The number of hydrogen-bond acceptors (Lipinski definition) is 5. The number of fused-ring (bicyclic) bond motifs is 1. The molecule has 120 valence electrons. The van der Waals surface area contributed by atoms with Gasteiger partial charge in [-0.25, -0.2) is 0 Å². The molecule has 1 saturated heterocycles. The lowest BCUT2D eigenvalue weighted by molar-refractivity contribution is -0.127. The molecule has 1 atom stereocenters. The molecule has 3 rings (SSSR count).